The average Bonchev–Trinajstić information content (AvgIpc) is 3.68. The summed E-state index contributed by atoms with van der Waals surface area (Å²) in [5.41, 5.74) is 19.4. The lowest BCUT2D eigenvalue weighted by Crippen LogP contribution is -2.16. The van der Waals surface area contributed by atoms with Crippen molar-refractivity contribution in [3.05, 3.63) is 211 Å². The Kier molecular flexibility index (Phi) is 7.90. The second-order valence-electron chi connectivity index (χ2n) is 15.6. The molecule has 2 heteroatoms. The van der Waals surface area contributed by atoms with Gasteiger partial charge in [0.05, 0.1) is 11.0 Å². The number of aromatic nitrogens is 1. The van der Waals surface area contributed by atoms with Gasteiger partial charge in [0.2, 0.25) is 0 Å². The summed E-state index contributed by atoms with van der Waals surface area (Å²) in [5.74, 6) is 0. The third kappa shape index (κ3) is 5.48. The van der Waals surface area contributed by atoms with Gasteiger partial charge in [-0.25, -0.2) is 0 Å². The summed E-state index contributed by atoms with van der Waals surface area (Å²) in [6.07, 6.45) is 1.94. The largest absolute Gasteiger partial charge is 0.310 e. The molecule has 0 bridgehead atoms. The summed E-state index contributed by atoms with van der Waals surface area (Å²) in [7, 11) is 0. The fourth-order valence-corrected chi connectivity index (χ4v) is 8.86. The first-order valence-electron chi connectivity index (χ1n) is 19.5. The number of hydrogen-bond acceptors (Lipinski definition) is 1. The van der Waals surface area contributed by atoms with E-state index in [-0.39, 0.29) is 5.41 Å². The monoisotopic (exact) mass is 718 g/mol. The van der Waals surface area contributed by atoms with Gasteiger partial charge < -0.3 is 9.47 Å². The fraction of sp³-hybridized carbons (Fsp3) is 0.0741. The van der Waals surface area contributed by atoms with Gasteiger partial charge in [-0.3, -0.25) is 0 Å². The Balaban J connectivity index is 1.07. The van der Waals surface area contributed by atoms with Crippen LogP contribution in [0.1, 0.15) is 36.1 Å². The Morgan fingerprint density at radius 2 is 1.05 bits per heavy atom. The zero-order valence-corrected chi connectivity index (χ0v) is 32.0. The molecule has 0 amide bonds. The predicted molar refractivity (Wildman–Crippen MR) is 239 cm³/mol. The van der Waals surface area contributed by atoms with Crippen molar-refractivity contribution in [1.29, 1.82) is 0 Å². The van der Waals surface area contributed by atoms with E-state index in [1.54, 1.807) is 0 Å². The quantitative estimate of drug-likeness (QED) is 0.159. The van der Waals surface area contributed by atoms with Gasteiger partial charge in [-0.1, -0.05) is 142 Å². The van der Waals surface area contributed by atoms with Gasteiger partial charge in [-0.05, 0) is 129 Å². The van der Waals surface area contributed by atoms with E-state index in [1.807, 2.05) is 6.08 Å². The van der Waals surface area contributed by atoms with Crippen molar-refractivity contribution in [2.75, 3.05) is 4.90 Å². The second kappa shape index (κ2) is 13.1. The molecule has 0 spiro atoms. The number of nitrogens with zero attached hydrogens (tertiary/aromatic N) is 2. The maximum atomic E-state index is 4.04. The number of anilines is 3. The highest BCUT2D eigenvalue weighted by Crippen LogP contribution is 2.51. The maximum Gasteiger partial charge on any atom is 0.0543 e. The average molecular weight is 719 g/mol. The number of aryl methyl sites for hydroxylation is 1. The van der Waals surface area contributed by atoms with E-state index in [4.69, 9.17) is 0 Å². The van der Waals surface area contributed by atoms with Crippen LogP contribution in [0.5, 0.6) is 0 Å². The Morgan fingerprint density at radius 3 is 1.73 bits per heavy atom. The molecule has 0 unspecified atom stereocenters. The van der Waals surface area contributed by atoms with Gasteiger partial charge in [0, 0.05) is 38.9 Å². The molecule has 56 heavy (non-hydrogen) atoms. The predicted octanol–water partition coefficient (Wildman–Crippen LogP) is 14.8. The molecule has 0 radical (unpaired) electrons. The molecule has 268 valence electrons. The van der Waals surface area contributed by atoms with Crippen LogP contribution in [0.4, 0.5) is 17.1 Å². The minimum absolute atomic E-state index is 0.145. The normalized spacial score (nSPS) is 12.8. The fourth-order valence-electron chi connectivity index (χ4n) is 8.86. The lowest BCUT2D eigenvalue weighted by Gasteiger charge is -2.28. The minimum Gasteiger partial charge on any atom is -0.310 e. The second-order valence-corrected chi connectivity index (χ2v) is 15.6. The van der Waals surface area contributed by atoms with E-state index in [2.05, 4.69) is 219 Å². The molecule has 8 aromatic carbocycles. The molecule has 2 nitrogen and oxygen atoms in total. The van der Waals surface area contributed by atoms with Gasteiger partial charge in [0.1, 0.15) is 0 Å². The first-order chi connectivity index (χ1) is 27.4. The van der Waals surface area contributed by atoms with Crippen LogP contribution < -0.4 is 4.90 Å². The van der Waals surface area contributed by atoms with E-state index < -0.39 is 0 Å². The van der Waals surface area contributed by atoms with Gasteiger partial charge in [-0.2, -0.15) is 0 Å². The summed E-state index contributed by atoms with van der Waals surface area (Å²) in [6, 6.07) is 66.8. The SMILES string of the molecule is C=Cc1ccc2c(c1)C(C)(C)c1cc(N(c3ccc(-c4ccccc4)cc3)c3ccc(-c4ccc5c(c4)c4ccc(C)cc4n5-c4ccccc4)cc3)ccc1-2. The van der Waals surface area contributed by atoms with Crippen molar-refractivity contribution >= 4 is 44.9 Å². The van der Waals surface area contributed by atoms with Crippen LogP contribution >= 0.6 is 0 Å². The van der Waals surface area contributed by atoms with E-state index in [0.717, 1.165) is 22.6 Å². The molecule has 0 saturated carbocycles. The van der Waals surface area contributed by atoms with E-state index in [9.17, 15) is 0 Å². The van der Waals surface area contributed by atoms with Gasteiger partial charge in [0.15, 0.2) is 0 Å². The number of hydrogen-bond donors (Lipinski definition) is 0. The van der Waals surface area contributed by atoms with Crippen molar-refractivity contribution in [3.63, 3.8) is 0 Å². The lowest BCUT2D eigenvalue weighted by molar-refractivity contribution is 0.660. The first-order valence-corrected chi connectivity index (χ1v) is 19.5. The standard InChI is InChI=1S/C54H42N2/c1-5-37-17-29-46-47-30-27-45(35-51(47)54(3,4)50(46)33-37)55(43-23-18-39(19-24-43)38-12-8-6-9-13-38)44-25-20-40(21-26-44)41-22-31-52-49(34-41)48-28-16-36(2)32-53(48)56(52)42-14-10-7-11-15-42/h5-35H,1H2,2-4H3. The first kappa shape index (κ1) is 33.7. The summed E-state index contributed by atoms with van der Waals surface area (Å²) in [4.78, 5) is 2.39. The molecule has 1 heterocycles. The molecular formula is C54H42N2. The maximum absolute atomic E-state index is 4.04. The third-order valence-corrected chi connectivity index (χ3v) is 11.8. The number of para-hydroxylation sites is 1. The Labute approximate surface area is 329 Å². The summed E-state index contributed by atoms with van der Waals surface area (Å²) in [5, 5.41) is 2.52. The van der Waals surface area contributed by atoms with Crippen molar-refractivity contribution < 1.29 is 0 Å². The van der Waals surface area contributed by atoms with Crippen LogP contribution in [0.2, 0.25) is 0 Å². The Bertz CT molecular complexity index is 2930. The topological polar surface area (TPSA) is 8.17 Å². The van der Waals surface area contributed by atoms with Crippen LogP contribution in [-0.2, 0) is 5.41 Å². The van der Waals surface area contributed by atoms with Crippen molar-refractivity contribution in [2.45, 2.75) is 26.2 Å². The highest BCUT2D eigenvalue weighted by atomic mass is 15.1. The number of benzene rings is 8. The van der Waals surface area contributed by atoms with Crippen molar-refractivity contribution in [3.8, 4) is 39.1 Å². The summed E-state index contributed by atoms with van der Waals surface area (Å²) in [6.45, 7) is 10.9. The molecule has 1 aliphatic carbocycles. The molecule has 10 rings (SSSR count). The number of rotatable bonds is 7. The Hall–Kier alpha value is -6.90. The summed E-state index contributed by atoms with van der Waals surface area (Å²) >= 11 is 0. The van der Waals surface area contributed by atoms with Crippen LogP contribution in [0.25, 0.3) is 66.9 Å². The van der Waals surface area contributed by atoms with Crippen LogP contribution in [0.3, 0.4) is 0 Å². The molecule has 1 aliphatic rings. The van der Waals surface area contributed by atoms with Gasteiger partial charge in [-0.15, -0.1) is 0 Å². The van der Waals surface area contributed by atoms with Crippen molar-refractivity contribution in [1.82, 2.24) is 4.57 Å². The highest BCUT2D eigenvalue weighted by Gasteiger charge is 2.36. The molecule has 0 fully saturated rings. The Morgan fingerprint density at radius 1 is 0.482 bits per heavy atom. The molecule has 0 atom stereocenters. The van der Waals surface area contributed by atoms with Crippen LogP contribution in [0, 0.1) is 6.92 Å². The lowest BCUT2D eigenvalue weighted by atomic mass is 9.81. The highest BCUT2D eigenvalue weighted by molar-refractivity contribution is 6.10. The summed E-state index contributed by atoms with van der Waals surface area (Å²) < 4.78 is 2.39. The molecule has 0 N–H and O–H groups in total. The number of fused-ring (bicyclic) bond motifs is 6. The molecule has 1 aromatic heterocycles. The molecular weight excluding hydrogens is 677 g/mol. The zero-order chi connectivity index (χ0) is 38.0. The van der Waals surface area contributed by atoms with Crippen molar-refractivity contribution in [2.24, 2.45) is 0 Å². The molecule has 0 saturated heterocycles. The minimum atomic E-state index is -0.145. The van der Waals surface area contributed by atoms with E-state index in [0.29, 0.717) is 0 Å². The van der Waals surface area contributed by atoms with Gasteiger partial charge in [0.25, 0.3) is 0 Å². The molecule has 0 aliphatic heterocycles. The van der Waals surface area contributed by atoms with Crippen LogP contribution in [-0.4, -0.2) is 4.57 Å². The zero-order valence-electron chi connectivity index (χ0n) is 32.0. The van der Waals surface area contributed by atoms with Crippen LogP contribution in [0.15, 0.2) is 189 Å². The van der Waals surface area contributed by atoms with Gasteiger partial charge >= 0.3 is 0 Å². The molecule has 9 aromatic rings. The van der Waals surface area contributed by atoms with E-state index >= 15 is 0 Å². The third-order valence-electron chi connectivity index (χ3n) is 11.8. The van der Waals surface area contributed by atoms with E-state index in [1.165, 1.54) is 77.6 Å². The smallest absolute Gasteiger partial charge is 0.0543 e.